The lowest BCUT2D eigenvalue weighted by Crippen LogP contribution is -2.46. The van der Waals surface area contributed by atoms with Gasteiger partial charge in [0.2, 0.25) is 5.91 Å². The topological polar surface area (TPSA) is 160 Å². The van der Waals surface area contributed by atoms with Crippen LogP contribution < -0.4 is 16.0 Å². The standard InChI is InChI=1S/C44H44N6O7Si/c1-27-40(58(2,3)56)38(22-39(52)47-20-8-11-33(47)26-51)57-44(27)36-21-32(50-42(54)35-13-7-5-10-30(35)24-46-50)18-19-37(36)48(43(44)55)25-28-14-16-31(17-15-28)49-41(53)34-12-6-4-9-29(34)23-45-49/h4-7,9-10,12-19,21,23-24,27,33,38,40,51,56H,8,11,20,22,25-26H2,1-3H3/t27-,33+,38+,40-,44+/m1/s1. The van der Waals surface area contributed by atoms with E-state index in [0.717, 1.165) is 17.4 Å². The smallest absolute Gasteiger partial charge is 0.279 e. The molecule has 5 heterocycles. The van der Waals surface area contributed by atoms with Crippen molar-refractivity contribution in [3.05, 3.63) is 135 Å². The summed E-state index contributed by atoms with van der Waals surface area (Å²) in [5.41, 5.74) is 0.226. The second kappa shape index (κ2) is 14.2. The fourth-order valence-electron chi connectivity index (χ4n) is 9.67. The van der Waals surface area contributed by atoms with Gasteiger partial charge in [-0.2, -0.15) is 19.6 Å². The van der Waals surface area contributed by atoms with Crippen molar-refractivity contribution in [3.63, 3.8) is 0 Å². The molecule has 2 saturated heterocycles. The molecule has 58 heavy (non-hydrogen) atoms. The van der Waals surface area contributed by atoms with Crippen LogP contribution in [0.25, 0.3) is 32.9 Å². The average molecular weight is 797 g/mol. The van der Waals surface area contributed by atoms with E-state index in [2.05, 4.69) is 10.2 Å². The summed E-state index contributed by atoms with van der Waals surface area (Å²) in [7, 11) is -3.12. The number of carbonyl (C=O) groups is 2. The number of aromatic nitrogens is 4. The van der Waals surface area contributed by atoms with E-state index in [-0.39, 0.29) is 48.5 Å². The van der Waals surface area contributed by atoms with Gasteiger partial charge in [-0.15, -0.1) is 0 Å². The van der Waals surface area contributed by atoms with Gasteiger partial charge in [0.25, 0.3) is 17.0 Å². The predicted octanol–water partition coefficient (Wildman–Crippen LogP) is 4.80. The SMILES string of the molecule is C[C@@H]1[C@@H]([Si](C)(C)O)[C@H](CC(=O)N2CCC[C@H]2CO)O[C@@]12C(=O)N(Cc1ccc(-n3ncc4ccccc4c3=O)cc1)c1ccc(-n3ncc4ccccc4c3=O)cc12. The lowest BCUT2D eigenvalue weighted by Gasteiger charge is -2.33. The van der Waals surface area contributed by atoms with E-state index in [1.165, 1.54) is 9.36 Å². The zero-order valence-corrected chi connectivity index (χ0v) is 33.5. The molecule has 0 radical (unpaired) electrons. The number of ether oxygens (including phenoxy) is 1. The number of likely N-dealkylation sites (tertiary alicyclic amines) is 1. The van der Waals surface area contributed by atoms with Gasteiger partial charge in [-0.25, -0.2) is 0 Å². The van der Waals surface area contributed by atoms with Crippen molar-refractivity contribution < 1.29 is 24.2 Å². The summed E-state index contributed by atoms with van der Waals surface area (Å²) in [6.45, 7) is 6.07. The van der Waals surface area contributed by atoms with Crippen molar-refractivity contribution in [2.45, 2.75) is 69.1 Å². The van der Waals surface area contributed by atoms with Crippen LogP contribution in [0.1, 0.15) is 37.3 Å². The van der Waals surface area contributed by atoms with Gasteiger partial charge < -0.3 is 24.4 Å². The Morgan fingerprint density at radius 3 is 2.09 bits per heavy atom. The number of anilines is 1. The lowest BCUT2D eigenvalue weighted by atomic mass is 9.82. The molecule has 2 fully saturated rings. The number of fused-ring (bicyclic) bond motifs is 4. The van der Waals surface area contributed by atoms with Crippen LogP contribution in [0.2, 0.25) is 18.6 Å². The van der Waals surface area contributed by atoms with Crippen molar-refractivity contribution in [2.75, 3.05) is 18.1 Å². The fraction of sp³-hybridized carbons (Fsp3) is 0.318. The average Bonchev–Trinajstić information content (AvgIpc) is 3.89. The van der Waals surface area contributed by atoms with E-state index in [1.807, 2.05) is 62.5 Å². The Morgan fingerprint density at radius 2 is 1.47 bits per heavy atom. The molecule has 0 bridgehead atoms. The molecule has 296 valence electrons. The number of nitrogens with zero attached hydrogens (tertiary/aromatic N) is 6. The van der Waals surface area contributed by atoms with Crippen LogP contribution in [-0.4, -0.2) is 79.8 Å². The molecule has 9 rings (SSSR count). The molecule has 13 nitrogen and oxygen atoms in total. The number of hydrogen-bond acceptors (Lipinski definition) is 9. The zero-order valence-electron chi connectivity index (χ0n) is 32.5. The van der Waals surface area contributed by atoms with Crippen LogP contribution in [0.4, 0.5) is 5.69 Å². The number of hydrogen-bond donors (Lipinski definition) is 2. The molecule has 5 atom stereocenters. The molecule has 14 heteroatoms. The van der Waals surface area contributed by atoms with E-state index < -0.39 is 31.5 Å². The Labute approximate surface area is 334 Å². The van der Waals surface area contributed by atoms with Crippen LogP contribution in [-0.2, 0) is 26.5 Å². The van der Waals surface area contributed by atoms with Crippen molar-refractivity contribution in [1.82, 2.24) is 24.5 Å². The quantitative estimate of drug-likeness (QED) is 0.206. The monoisotopic (exact) mass is 796 g/mol. The maximum Gasteiger partial charge on any atom is 0.279 e. The number of aliphatic hydroxyl groups is 1. The molecule has 3 aliphatic heterocycles. The summed E-state index contributed by atoms with van der Waals surface area (Å²) in [6, 6.07) is 26.8. The molecule has 2 amide bonds. The summed E-state index contributed by atoms with van der Waals surface area (Å²) in [6.07, 6.45) is 3.94. The Bertz CT molecular complexity index is 2730. The van der Waals surface area contributed by atoms with Crippen LogP contribution in [0.3, 0.4) is 0 Å². The molecule has 0 saturated carbocycles. The van der Waals surface area contributed by atoms with Gasteiger partial charge in [-0.3, -0.25) is 19.2 Å². The highest BCUT2D eigenvalue weighted by molar-refractivity contribution is 6.71. The van der Waals surface area contributed by atoms with Crippen LogP contribution in [0, 0.1) is 5.92 Å². The summed E-state index contributed by atoms with van der Waals surface area (Å²) in [5.74, 6) is -1.09. The molecule has 4 aromatic carbocycles. The molecule has 2 aromatic heterocycles. The summed E-state index contributed by atoms with van der Waals surface area (Å²) in [5, 5.41) is 21.4. The summed E-state index contributed by atoms with van der Waals surface area (Å²) >= 11 is 0. The highest BCUT2D eigenvalue weighted by Crippen LogP contribution is 2.60. The number of rotatable bonds is 8. The molecular formula is C44H44N6O7Si. The van der Waals surface area contributed by atoms with Crippen LogP contribution in [0.5, 0.6) is 0 Å². The first-order chi connectivity index (χ1) is 27.9. The van der Waals surface area contributed by atoms with Gasteiger partial charge in [0, 0.05) is 34.3 Å². The third kappa shape index (κ3) is 6.01. The minimum atomic E-state index is -3.12. The molecule has 1 spiro atoms. The molecule has 6 aromatic rings. The molecule has 3 aliphatic rings. The zero-order chi connectivity index (χ0) is 40.5. The van der Waals surface area contributed by atoms with Gasteiger partial charge in [-0.1, -0.05) is 55.5 Å². The van der Waals surface area contributed by atoms with Crippen molar-refractivity contribution in [2.24, 2.45) is 5.92 Å². The molecular weight excluding hydrogens is 753 g/mol. The van der Waals surface area contributed by atoms with Gasteiger partial charge in [0.15, 0.2) is 13.9 Å². The lowest BCUT2D eigenvalue weighted by molar-refractivity contribution is -0.150. The Hall–Kier alpha value is -5.80. The number of amides is 2. The van der Waals surface area contributed by atoms with E-state index >= 15 is 4.79 Å². The predicted molar refractivity (Wildman–Crippen MR) is 221 cm³/mol. The van der Waals surface area contributed by atoms with Gasteiger partial charge in [0.05, 0.1) is 71.9 Å². The first-order valence-corrected chi connectivity index (χ1v) is 22.7. The Balaban J connectivity index is 1.12. The van der Waals surface area contributed by atoms with Gasteiger partial charge in [0.1, 0.15) is 0 Å². The third-order valence-corrected chi connectivity index (χ3v) is 14.9. The van der Waals surface area contributed by atoms with Crippen molar-refractivity contribution in [1.29, 1.82) is 0 Å². The van der Waals surface area contributed by atoms with E-state index in [9.17, 15) is 24.3 Å². The first-order valence-electron chi connectivity index (χ1n) is 19.7. The van der Waals surface area contributed by atoms with E-state index in [4.69, 9.17) is 4.74 Å². The summed E-state index contributed by atoms with van der Waals surface area (Å²) in [4.78, 5) is 71.5. The maximum atomic E-state index is 15.3. The second-order valence-electron chi connectivity index (χ2n) is 16.3. The van der Waals surface area contributed by atoms with Crippen molar-refractivity contribution >= 4 is 47.4 Å². The van der Waals surface area contributed by atoms with Gasteiger partial charge >= 0.3 is 0 Å². The highest BCUT2D eigenvalue weighted by atomic mass is 28.4. The minimum Gasteiger partial charge on any atom is -0.432 e. The van der Waals surface area contributed by atoms with E-state index in [0.29, 0.717) is 51.7 Å². The number of benzene rings is 4. The van der Waals surface area contributed by atoms with Gasteiger partial charge in [-0.05, 0) is 74.0 Å². The van der Waals surface area contributed by atoms with Crippen LogP contribution in [0.15, 0.2) is 113 Å². The van der Waals surface area contributed by atoms with Crippen LogP contribution >= 0.6 is 0 Å². The Morgan fingerprint density at radius 1 is 0.862 bits per heavy atom. The minimum absolute atomic E-state index is 0.0537. The van der Waals surface area contributed by atoms with E-state index in [1.54, 1.807) is 70.7 Å². The normalized spacial score (nSPS) is 23.1. The number of carbonyl (C=O) groups excluding carboxylic acids is 2. The summed E-state index contributed by atoms with van der Waals surface area (Å²) < 4.78 is 9.67. The largest absolute Gasteiger partial charge is 0.432 e. The fourth-order valence-corrected chi connectivity index (χ4v) is 12.2. The third-order valence-electron chi connectivity index (χ3n) is 12.4. The molecule has 2 N–H and O–H groups in total. The Kier molecular flexibility index (Phi) is 9.27. The molecule has 0 aliphatic carbocycles. The number of aliphatic hydroxyl groups excluding tert-OH is 1. The highest BCUT2D eigenvalue weighted by Gasteiger charge is 2.66. The maximum absolute atomic E-state index is 15.3. The second-order valence-corrected chi connectivity index (χ2v) is 20.3. The van der Waals surface area contributed by atoms with Crippen molar-refractivity contribution in [3.8, 4) is 11.4 Å². The molecule has 0 unspecified atom stereocenters. The first kappa shape index (κ1) is 37.8.